The number of hydrogen-bond donors (Lipinski definition) is 1. The van der Waals surface area contributed by atoms with Gasteiger partial charge in [-0.15, -0.1) is 0 Å². The first-order valence-electron chi connectivity index (χ1n) is 6.56. The average molecular weight is 176 g/mol. The molecular formula is C8H14N2O2. The van der Waals surface area contributed by atoms with Crippen LogP contribution >= 0.6 is 0 Å². The Morgan fingerprint density at radius 3 is 2.92 bits per heavy atom. The van der Waals surface area contributed by atoms with Gasteiger partial charge in [0.05, 0.1) is 0 Å². The lowest BCUT2D eigenvalue weighted by atomic mass is 10.2. The maximum Gasteiger partial charge on any atom is 0.240 e. The van der Waals surface area contributed by atoms with E-state index in [1.165, 1.54) is 6.92 Å². The summed E-state index contributed by atoms with van der Waals surface area (Å²) in [4.78, 5) is 23.3. The SMILES string of the molecule is [2H]C1([2H])C(=O)N([C@@H](CC)C(N)=O)C([2H])([2H])C1([2H])[2H]. The molecule has 68 valence electrons. The van der Waals surface area contributed by atoms with Crippen molar-refractivity contribution in [1.29, 1.82) is 0 Å². The summed E-state index contributed by atoms with van der Waals surface area (Å²) in [5, 5.41) is 0. The van der Waals surface area contributed by atoms with Crippen molar-refractivity contribution in [3.05, 3.63) is 0 Å². The minimum Gasteiger partial charge on any atom is -0.368 e. The molecule has 2 amide bonds. The second-order valence-corrected chi connectivity index (χ2v) is 2.36. The molecule has 0 aromatic heterocycles. The van der Waals surface area contributed by atoms with Crippen LogP contribution in [-0.4, -0.2) is 29.3 Å². The van der Waals surface area contributed by atoms with Crippen LogP contribution in [0, 0.1) is 0 Å². The van der Waals surface area contributed by atoms with Gasteiger partial charge in [0.1, 0.15) is 6.04 Å². The van der Waals surface area contributed by atoms with E-state index in [0.29, 0.717) is 0 Å². The van der Waals surface area contributed by atoms with E-state index in [1.54, 1.807) is 0 Å². The molecule has 1 aliphatic rings. The van der Waals surface area contributed by atoms with Gasteiger partial charge in [-0.3, -0.25) is 9.59 Å². The third-order valence-corrected chi connectivity index (χ3v) is 1.59. The molecule has 12 heavy (non-hydrogen) atoms. The van der Waals surface area contributed by atoms with E-state index in [2.05, 4.69) is 0 Å². The molecule has 0 bridgehead atoms. The van der Waals surface area contributed by atoms with Crippen LogP contribution in [0.3, 0.4) is 0 Å². The standard InChI is InChI=1S/C8H14N2O2/c1-2-6(8(9)12)10-5-3-4-7(10)11/h6H,2-5H2,1H3,(H2,9,12)/t6-/m0/s1/i3D2,4D2,5D2. The first-order chi connectivity index (χ1) is 7.92. The van der Waals surface area contributed by atoms with Crippen LogP contribution in [-0.2, 0) is 9.59 Å². The predicted octanol–water partition coefficient (Wildman–Crippen LogP) is -0.127. The number of amides is 2. The summed E-state index contributed by atoms with van der Waals surface area (Å²) in [5.74, 6) is -2.40. The Morgan fingerprint density at radius 2 is 2.58 bits per heavy atom. The molecule has 0 aliphatic carbocycles. The number of carbonyl (C=O) groups excluding carboxylic acids is 2. The highest BCUT2D eigenvalue weighted by Crippen LogP contribution is 2.15. The summed E-state index contributed by atoms with van der Waals surface area (Å²) < 4.78 is 44.9. The molecule has 0 saturated carbocycles. The van der Waals surface area contributed by atoms with Crippen molar-refractivity contribution < 1.29 is 17.8 Å². The van der Waals surface area contributed by atoms with Crippen molar-refractivity contribution in [2.45, 2.75) is 32.1 Å². The summed E-state index contributed by atoms with van der Waals surface area (Å²) >= 11 is 0. The molecule has 0 aromatic rings. The third-order valence-electron chi connectivity index (χ3n) is 1.59. The molecule has 0 unspecified atom stereocenters. The number of likely N-dealkylation sites (tertiary alicyclic amines) is 1. The van der Waals surface area contributed by atoms with E-state index in [1.807, 2.05) is 0 Å². The highest BCUT2D eigenvalue weighted by atomic mass is 16.2. The zero-order valence-corrected chi connectivity index (χ0v) is 6.63. The van der Waals surface area contributed by atoms with Crippen molar-refractivity contribution >= 4 is 11.8 Å². The number of carbonyl (C=O) groups is 2. The summed E-state index contributed by atoms with van der Waals surface area (Å²) in [6, 6.07) is -1.37. The average Bonchev–Trinajstić information content (AvgIpc) is 2.29. The number of nitrogens with two attached hydrogens (primary N) is 1. The predicted molar refractivity (Wildman–Crippen MR) is 44.2 cm³/mol. The number of nitrogens with zero attached hydrogens (tertiary/aromatic N) is 1. The minimum absolute atomic E-state index is 0.0211. The van der Waals surface area contributed by atoms with Gasteiger partial charge >= 0.3 is 0 Å². The van der Waals surface area contributed by atoms with Gasteiger partial charge in [0.25, 0.3) is 0 Å². The normalized spacial score (nSPS) is 39.8. The molecule has 0 aromatic carbocycles. The van der Waals surface area contributed by atoms with Gasteiger partial charge in [-0.25, -0.2) is 0 Å². The Kier molecular flexibility index (Phi) is 1.12. The number of rotatable bonds is 3. The van der Waals surface area contributed by atoms with Crippen molar-refractivity contribution in [2.75, 3.05) is 6.50 Å². The van der Waals surface area contributed by atoms with E-state index >= 15 is 0 Å². The molecule has 1 atom stereocenters. The first-order valence-corrected chi connectivity index (χ1v) is 3.56. The molecular weight excluding hydrogens is 156 g/mol. The topological polar surface area (TPSA) is 63.4 Å². The van der Waals surface area contributed by atoms with Gasteiger partial charge in [0.2, 0.25) is 11.8 Å². The third kappa shape index (κ3) is 1.57. The molecule has 0 spiro atoms. The highest BCUT2D eigenvalue weighted by molar-refractivity contribution is 5.87. The molecule has 2 N–H and O–H groups in total. The quantitative estimate of drug-likeness (QED) is 0.651. The van der Waals surface area contributed by atoms with Gasteiger partial charge in [-0.2, -0.15) is 0 Å². The van der Waals surface area contributed by atoms with Gasteiger partial charge in [-0.1, -0.05) is 6.92 Å². The van der Waals surface area contributed by atoms with E-state index in [-0.39, 0.29) is 11.3 Å². The largest absolute Gasteiger partial charge is 0.368 e. The van der Waals surface area contributed by atoms with Crippen LogP contribution in [0.4, 0.5) is 0 Å². The van der Waals surface area contributed by atoms with Crippen molar-refractivity contribution in [3.63, 3.8) is 0 Å². The van der Waals surface area contributed by atoms with Crippen LogP contribution in [0.25, 0.3) is 0 Å². The highest BCUT2D eigenvalue weighted by Gasteiger charge is 2.29. The molecule has 0 radical (unpaired) electrons. The summed E-state index contributed by atoms with van der Waals surface area (Å²) in [7, 11) is 0. The smallest absolute Gasteiger partial charge is 0.240 e. The molecule has 1 heterocycles. The van der Waals surface area contributed by atoms with Gasteiger partial charge in [-0.05, 0) is 12.8 Å². The fourth-order valence-corrected chi connectivity index (χ4v) is 0.983. The Labute approximate surface area is 80.1 Å². The van der Waals surface area contributed by atoms with Crippen molar-refractivity contribution in [1.82, 2.24) is 4.90 Å². The first kappa shape index (κ1) is 3.77. The lowest BCUT2D eigenvalue weighted by Crippen LogP contribution is -2.44. The van der Waals surface area contributed by atoms with Gasteiger partial charge in [0, 0.05) is 21.1 Å². The van der Waals surface area contributed by atoms with Crippen LogP contribution in [0.15, 0.2) is 0 Å². The van der Waals surface area contributed by atoms with E-state index in [9.17, 15) is 9.59 Å². The zero-order valence-electron chi connectivity index (χ0n) is 12.6. The number of primary amides is 1. The van der Waals surface area contributed by atoms with Crippen LogP contribution in [0.2, 0.25) is 0 Å². The summed E-state index contributed by atoms with van der Waals surface area (Å²) in [6.07, 6.45) is -6.13. The van der Waals surface area contributed by atoms with Gasteiger partial charge in [0.15, 0.2) is 0 Å². The van der Waals surface area contributed by atoms with Crippen LogP contribution < -0.4 is 5.73 Å². The Bertz CT molecular complexity index is 397. The fourth-order valence-electron chi connectivity index (χ4n) is 0.983. The lowest BCUT2D eigenvalue weighted by Gasteiger charge is -2.23. The van der Waals surface area contributed by atoms with Crippen LogP contribution in [0.5, 0.6) is 0 Å². The lowest BCUT2D eigenvalue weighted by molar-refractivity contribution is -0.136. The monoisotopic (exact) mass is 176 g/mol. The summed E-state index contributed by atoms with van der Waals surface area (Å²) in [5.41, 5.74) is 5.04. The van der Waals surface area contributed by atoms with E-state index < -0.39 is 37.1 Å². The fraction of sp³-hybridized carbons (Fsp3) is 0.750. The summed E-state index contributed by atoms with van der Waals surface area (Å²) in [6.45, 7) is -1.47. The Balaban J connectivity index is 3.39. The second kappa shape index (κ2) is 3.56. The van der Waals surface area contributed by atoms with Crippen molar-refractivity contribution in [3.8, 4) is 0 Å². The second-order valence-electron chi connectivity index (χ2n) is 2.36. The van der Waals surface area contributed by atoms with Gasteiger partial charge < -0.3 is 10.6 Å². The van der Waals surface area contributed by atoms with E-state index in [4.69, 9.17) is 14.0 Å². The minimum atomic E-state index is -3.07. The maximum atomic E-state index is 11.8. The molecule has 1 saturated heterocycles. The van der Waals surface area contributed by atoms with Crippen LogP contribution in [0.1, 0.15) is 34.3 Å². The number of hydrogen-bond acceptors (Lipinski definition) is 2. The van der Waals surface area contributed by atoms with Crippen molar-refractivity contribution in [2.24, 2.45) is 5.73 Å². The Morgan fingerprint density at radius 1 is 1.92 bits per heavy atom. The van der Waals surface area contributed by atoms with E-state index in [0.717, 1.165) is 0 Å². The molecule has 1 fully saturated rings. The molecule has 4 heteroatoms. The molecule has 4 nitrogen and oxygen atoms in total. The Hall–Kier alpha value is -1.06. The molecule has 1 rings (SSSR count). The molecule has 1 aliphatic heterocycles. The zero-order chi connectivity index (χ0) is 14.5. The maximum absolute atomic E-state index is 11.8.